The van der Waals surface area contributed by atoms with Crippen LogP contribution < -0.4 is 40.0 Å². The molecular formula is C8H15N2NaO5. The van der Waals surface area contributed by atoms with Crippen molar-refractivity contribution in [1.29, 1.82) is 0 Å². The van der Waals surface area contributed by atoms with Crippen LogP contribution in [0.4, 0.5) is 0 Å². The number of aliphatic hydroxyl groups excluding tert-OH is 2. The molecule has 0 spiro atoms. The first-order valence-electron chi connectivity index (χ1n) is 4.50. The molecule has 8 heteroatoms. The van der Waals surface area contributed by atoms with Gasteiger partial charge in [0, 0.05) is 13.1 Å². The minimum absolute atomic E-state index is 0. The maximum absolute atomic E-state index is 11.1. The fourth-order valence-electron chi connectivity index (χ4n) is 0.983. The number of hydrogen-bond donors (Lipinski definition) is 3. The van der Waals surface area contributed by atoms with E-state index in [0.29, 0.717) is 0 Å². The average molecular weight is 242 g/mol. The second-order valence-corrected chi connectivity index (χ2v) is 2.87. The van der Waals surface area contributed by atoms with Gasteiger partial charge >= 0.3 is 29.6 Å². The first-order valence-corrected chi connectivity index (χ1v) is 4.50. The van der Waals surface area contributed by atoms with Crippen molar-refractivity contribution in [3.63, 3.8) is 0 Å². The molecule has 0 aliphatic rings. The Labute approximate surface area is 116 Å². The van der Waals surface area contributed by atoms with Gasteiger partial charge in [-0.05, 0) is 0 Å². The Morgan fingerprint density at radius 3 is 2.06 bits per heavy atom. The molecule has 0 aliphatic carbocycles. The smallest absolute Gasteiger partial charge is 0.548 e. The third-order valence-electron chi connectivity index (χ3n) is 1.63. The van der Waals surface area contributed by atoms with E-state index in [1.165, 1.54) is 4.90 Å². The van der Waals surface area contributed by atoms with Crippen molar-refractivity contribution >= 4 is 11.9 Å². The molecule has 1 amide bonds. The maximum atomic E-state index is 11.1. The Bertz CT molecular complexity index is 209. The fraction of sp³-hybridized carbons (Fsp3) is 0.750. The summed E-state index contributed by atoms with van der Waals surface area (Å²) in [5.41, 5.74) is 0. The molecule has 0 heterocycles. The van der Waals surface area contributed by atoms with E-state index in [1.54, 1.807) is 0 Å². The molecule has 0 radical (unpaired) electrons. The predicted molar refractivity (Wildman–Crippen MR) is 48.6 cm³/mol. The van der Waals surface area contributed by atoms with Crippen molar-refractivity contribution in [2.45, 2.75) is 0 Å². The molecule has 88 valence electrons. The number of rotatable bonds is 8. The summed E-state index contributed by atoms with van der Waals surface area (Å²) in [5.74, 6) is -1.85. The van der Waals surface area contributed by atoms with E-state index in [-0.39, 0.29) is 62.4 Å². The molecule has 0 aromatic carbocycles. The predicted octanol–water partition coefficient (Wildman–Crippen LogP) is -6.86. The Balaban J connectivity index is 0. The Hall–Kier alpha value is -0.180. The number of nitrogens with zero attached hydrogens (tertiary/aromatic N) is 1. The van der Waals surface area contributed by atoms with Gasteiger partial charge in [-0.15, -0.1) is 0 Å². The first kappa shape index (κ1) is 18.2. The summed E-state index contributed by atoms with van der Waals surface area (Å²) in [6.07, 6.45) is 0. The number of carboxylic acids is 1. The van der Waals surface area contributed by atoms with Gasteiger partial charge < -0.3 is 25.4 Å². The van der Waals surface area contributed by atoms with Gasteiger partial charge in [-0.2, -0.15) is 0 Å². The van der Waals surface area contributed by atoms with E-state index in [4.69, 9.17) is 10.2 Å². The Morgan fingerprint density at radius 2 is 1.69 bits per heavy atom. The van der Waals surface area contributed by atoms with Crippen LogP contribution in [-0.2, 0) is 9.59 Å². The van der Waals surface area contributed by atoms with Crippen LogP contribution in [0.25, 0.3) is 0 Å². The first-order chi connectivity index (χ1) is 7.10. The number of hydrogen-bond acceptors (Lipinski definition) is 6. The molecule has 0 bridgehead atoms. The number of aliphatic hydroxyl groups is 2. The number of amides is 1. The molecule has 0 atom stereocenters. The van der Waals surface area contributed by atoms with Crippen molar-refractivity contribution in [3.8, 4) is 0 Å². The van der Waals surface area contributed by atoms with Crippen LogP contribution in [0.3, 0.4) is 0 Å². The zero-order valence-electron chi connectivity index (χ0n) is 9.31. The van der Waals surface area contributed by atoms with Crippen LogP contribution in [0.1, 0.15) is 0 Å². The SMILES string of the molecule is O=C([O-])CNC(=O)CN(CCO)CCO.[Na+]. The molecule has 0 aliphatic heterocycles. The number of carboxylic acid groups (broad SMARTS) is 1. The second kappa shape index (κ2) is 11.3. The molecule has 3 N–H and O–H groups in total. The Kier molecular flexibility index (Phi) is 12.9. The van der Waals surface area contributed by atoms with Crippen molar-refractivity contribution < 1.29 is 54.5 Å². The quantitative estimate of drug-likeness (QED) is 0.365. The monoisotopic (exact) mass is 242 g/mol. The Morgan fingerprint density at radius 1 is 1.19 bits per heavy atom. The van der Waals surface area contributed by atoms with Crippen LogP contribution in [-0.4, -0.2) is 66.4 Å². The van der Waals surface area contributed by atoms with Gasteiger partial charge in [0.1, 0.15) is 0 Å². The average Bonchev–Trinajstić information content (AvgIpc) is 2.15. The van der Waals surface area contributed by atoms with E-state index < -0.39 is 18.4 Å². The molecule has 0 unspecified atom stereocenters. The van der Waals surface area contributed by atoms with Crippen LogP contribution in [0.2, 0.25) is 0 Å². The summed E-state index contributed by atoms with van der Waals surface area (Å²) in [7, 11) is 0. The molecule has 0 aromatic heterocycles. The van der Waals surface area contributed by atoms with Crippen molar-refractivity contribution in [3.05, 3.63) is 0 Å². The van der Waals surface area contributed by atoms with Gasteiger partial charge in [-0.25, -0.2) is 0 Å². The largest absolute Gasteiger partial charge is 1.00 e. The molecule has 0 saturated heterocycles. The van der Waals surface area contributed by atoms with E-state index >= 15 is 0 Å². The molecule has 0 saturated carbocycles. The van der Waals surface area contributed by atoms with Crippen molar-refractivity contribution in [2.75, 3.05) is 39.4 Å². The summed E-state index contributed by atoms with van der Waals surface area (Å²) in [4.78, 5) is 22.6. The van der Waals surface area contributed by atoms with Crippen molar-refractivity contribution in [2.24, 2.45) is 0 Å². The zero-order chi connectivity index (χ0) is 11.7. The zero-order valence-corrected chi connectivity index (χ0v) is 11.3. The summed E-state index contributed by atoms with van der Waals surface area (Å²) in [5, 5.41) is 29.4. The van der Waals surface area contributed by atoms with Crippen LogP contribution in [0, 0.1) is 0 Å². The number of aliphatic carboxylic acids is 1. The molecule has 0 fully saturated rings. The maximum Gasteiger partial charge on any atom is 1.00 e. The second-order valence-electron chi connectivity index (χ2n) is 2.87. The third-order valence-corrected chi connectivity index (χ3v) is 1.63. The summed E-state index contributed by atoms with van der Waals surface area (Å²) in [6, 6.07) is 0. The van der Waals surface area contributed by atoms with E-state index in [9.17, 15) is 14.7 Å². The molecular weight excluding hydrogens is 227 g/mol. The normalized spacial score (nSPS) is 9.69. The van der Waals surface area contributed by atoms with Crippen LogP contribution in [0.15, 0.2) is 0 Å². The van der Waals surface area contributed by atoms with Gasteiger partial charge in [-0.3, -0.25) is 9.69 Å². The van der Waals surface area contributed by atoms with Crippen LogP contribution in [0.5, 0.6) is 0 Å². The molecule has 0 aromatic rings. The van der Waals surface area contributed by atoms with Gasteiger partial charge in [0.15, 0.2) is 0 Å². The minimum Gasteiger partial charge on any atom is -0.548 e. The molecule has 0 rings (SSSR count). The standard InChI is InChI=1S/C8H16N2O5.Na/c11-3-1-10(2-4-12)6-7(13)9-5-8(14)15;/h11-12H,1-6H2,(H,9,13)(H,14,15);/q;+1/p-1. The number of carbonyl (C=O) groups is 2. The van der Waals surface area contributed by atoms with Crippen molar-refractivity contribution in [1.82, 2.24) is 10.2 Å². The summed E-state index contributed by atoms with van der Waals surface area (Å²) in [6.45, 7) is -0.362. The molecule has 16 heavy (non-hydrogen) atoms. The molecule has 7 nitrogen and oxygen atoms in total. The van der Waals surface area contributed by atoms with Gasteiger partial charge in [0.2, 0.25) is 5.91 Å². The van der Waals surface area contributed by atoms with Gasteiger partial charge in [0.25, 0.3) is 0 Å². The van der Waals surface area contributed by atoms with Crippen LogP contribution >= 0.6 is 0 Å². The number of carbonyl (C=O) groups excluding carboxylic acids is 2. The van der Waals surface area contributed by atoms with Gasteiger partial charge in [0.05, 0.1) is 32.3 Å². The summed E-state index contributed by atoms with van der Waals surface area (Å²) < 4.78 is 0. The third kappa shape index (κ3) is 10.3. The summed E-state index contributed by atoms with van der Waals surface area (Å²) >= 11 is 0. The number of nitrogens with one attached hydrogen (secondary N) is 1. The van der Waals surface area contributed by atoms with E-state index in [2.05, 4.69) is 5.32 Å². The topological polar surface area (TPSA) is 113 Å². The van der Waals surface area contributed by atoms with E-state index in [1.807, 2.05) is 0 Å². The fourth-order valence-corrected chi connectivity index (χ4v) is 0.983. The van der Waals surface area contributed by atoms with Gasteiger partial charge in [-0.1, -0.05) is 0 Å². The minimum atomic E-state index is -1.36. The van der Waals surface area contributed by atoms with E-state index in [0.717, 1.165) is 0 Å².